The van der Waals surface area contributed by atoms with Gasteiger partial charge in [0, 0.05) is 6.42 Å². The normalized spacial score (nSPS) is 23.5. The molecule has 1 atom stereocenters. The van der Waals surface area contributed by atoms with Gasteiger partial charge in [-0.25, -0.2) is 4.79 Å². The summed E-state index contributed by atoms with van der Waals surface area (Å²) >= 11 is 0. The third-order valence-corrected chi connectivity index (χ3v) is 1.77. The molecular formula is C8H10O4. The van der Waals surface area contributed by atoms with Gasteiger partial charge in [0.1, 0.15) is 5.76 Å². The zero-order valence-corrected chi connectivity index (χ0v) is 6.99. The summed E-state index contributed by atoms with van der Waals surface area (Å²) in [5.41, 5.74) is 0.440. The average Bonchev–Trinajstić information content (AvgIpc) is 2.09. The lowest BCUT2D eigenvalue weighted by atomic mass is 10.1. The van der Waals surface area contributed by atoms with Gasteiger partial charge in [-0.15, -0.1) is 0 Å². The van der Waals surface area contributed by atoms with Crippen LogP contribution in [0.3, 0.4) is 0 Å². The topological polar surface area (TPSA) is 52.6 Å². The van der Waals surface area contributed by atoms with Gasteiger partial charge in [-0.3, -0.25) is 4.79 Å². The molecule has 0 saturated heterocycles. The summed E-state index contributed by atoms with van der Waals surface area (Å²) in [7, 11) is 1.47. The molecular weight excluding hydrogens is 160 g/mol. The molecule has 0 saturated carbocycles. The van der Waals surface area contributed by atoms with Crippen molar-refractivity contribution in [3.05, 3.63) is 11.3 Å². The van der Waals surface area contributed by atoms with Crippen LogP contribution in [0.5, 0.6) is 0 Å². The smallest absolute Gasteiger partial charge is 0.337 e. The number of ether oxygens (including phenoxy) is 2. The van der Waals surface area contributed by atoms with Crippen LogP contribution >= 0.6 is 0 Å². The van der Waals surface area contributed by atoms with Crippen molar-refractivity contribution in [2.75, 3.05) is 7.11 Å². The van der Waals surface area contributed by atoms with Gasteiger partial charge in [-0.05, 0) is 6.92 Å². The molecule has 0 aliphatic carbocycles. The minimum absolute atomic E-state index is 0.345. The molecule has 66 valence electrons. The molecule has 0 N–H and O–H groups in total. The third kappa shape index (κ3) is 1.47. The van der Waals surface area contributed by atoms with E-state index in [2.05, 4.69) is 0 Å². The Kier molecular flexibility index (Phi) is 2.47. The number of rotatable bonds is 2. The van der Waals surface area contributed by atoms with Crippen LogP contribution in [-0.4, -0.2) is 25.5 Å². The van der Waals surface area contributed by atoms with Gasteiger partial charge >= 0.3 is 5.97 Å². The molecule has 0 aromatic carbocycles. The first-order valence-corrected chi connectivity index (χ1v) is 3.59. The van der Waals surface area contributed by atoms with Gasteiger partial charge in [0.25, 0.3) is 0 Å². The molecule has 1 aliphatic heterocycles. The Hall–Kier alpha value is -1.32. The maximum absolute atomic E-state index is 11.0. The Labute approximate surface area is 70.1 Å². The van der Waals surface area contributed by atoms with E-state index in [1.165, 1.54) is 7.11 Å². The predicted octanol–water partition coefficient (Wildman–Crippen LogP) is 0.421. The van der Waals surface area contributed by atoms with Crippen molar-refractivity contribution < 1.29 is 19.1 Å². The predicted molar refractivity (Wildman–Crippen MR) is 40.3 cm³/mol. The molecule has 12 heavy (non-hydrogen) atoms. The summed E-state index contributed by atoms with van der Waals surface area (Å²) in [5.74, 6) is 0.0542. The number of carbonyl (C=O) groups excluding carboxylic acids is 2. The van der Waals surface area contributed by atoms with E-state index in [4.69, 9.17) is 9.47 Å². The summed E-state index contributed by atoms with van der Waals surface area (Å²) in [5, 5.41) is 0. The summed E-state index contributed by atoms with van der Waals surface area (Å²) in [6.45, 7) is 1.61. The van der Waals surface area contributed by atoms with Crippen molar-refractivity contribution in [3.8, 4) is 0 Å². The zero-order valence-electron chi connectivity index (χ0n) is 6.99. The Bertz CT molecular complexity index is 241. The summed E-state index contributed by atoms with van der Waals surface area (Å²) < 4.78 is 9.66. The van der Waals surface area contributed by atoms with E-state index >= 15 is 0 Å². The van der Waals surface area contributed by atoms with Crippen molar-refractivity contribution in [1.29, 1.82) is 0 Å². The van der Waals surface area contributed by atoms with Crippen LogP contribution in [0, 0.1) is 0 Å². The molecule has 0 amide bonds. The molecule has 1 heterocycles. The first kappa shape index (κ1) is 8.77. The van der Waals surface area contributed by atoms with Gasteiger partial charge < -0.3 is 9.47 Å². The number of hydrogen-bond donors (Lipinski definition) is 0. The largest absolute Gasteiger partial charge is 0.500 e. The number of hydrogen-bond acceptors (Lipinski definition) is 4. The number of esters is 1. The first-order valence-electron chi connectivity index (χ1n) is 3.59. The second-order valence-corrected chi connectivity index (χ2v) is 2.54. The summed E-state index contributed by atoms with van der Waals surface area (Å²) in [6.07, 6.45) is 0.261. The van der Waals surface area contributed by atoms with Gasteiger partial charge in [0.15, 0.2) is 12.4 Å². The van der Waals surface area contributed by atoms with E-state index < -0.39 is 12.1 Å². The van der Waals surface area contributed by atoms with E-state index in [1.807, 2.05) is 0 Å². The van der Waals surface area contributed by atoms with Crippen LogP contribution in [0.1, 0.15) is 13.3 Å². The van der Waals surface area contributed by atoms with Gasteiger partial charge in [-0.1, -0.05) is 0 Å². The summed E-state index contributed by atoms with van der Waals surface area (Å²) in [6, 6.07) is 0. The Morgan fingerprint density at radius 2 is 2.33 bits per heavy atom. The average molecular weight is 170 g/mol. The lowest BCUT2D eigenvalue weighted by Crippen LogP contribution is -2.27. The van der Waals surface area contributed by atoms with Crippen molar-refractivity contribution in [1.82, 2.24) is 0 Å². The number of cyclic esters (lactones) is 1. The molecule has 0 radical (unpaired) electrons. The van der Waals surface area contributed by atoms with Crippen molar-refractivity contribution in [3.63, 3.8) is 0 Å². The maximum Gasteiger partial charge on any atom is 0.337 e. The highest BCUT2D eigenvalue weighted by atomic mass is 16.6. The minimum atomic E-state index is -0.684. The molecule has 0 aromatic heterocycles. The summed E-state index contributed by atoms with van der Waals surface area (Å²) in [4.78, 5) is 21.3. The van der Waals surface area contributed by atoms with Gasteiger partial charge in [0.05, 0.1) is 12.7 Å². The highest BCUT2D eigenvalue weighted by Gasteiger charge is 2.26. The SMILES string of the molecule is COC1=C(C)C(=O)O[C@@H](C=O)C1. The Morgan fingerprint density at radius 1 is 1.67 bits per heavy atom. The van der Waals surface area contributed by atoms with Crippen LogP contribution in [0.25, 0.3) is 0 Å². The van der Waals surface area contributed by atoms with Crippen LogP contribution in [-0.2, 0) is 19.1 Å². The molecule has 1 aliphatic rings. The van der Waals surface area contributed by atoms with Crippen LogP contribution in [0.15, 0.2) is 11.3 Å². The second kappa shape index (κ2) is 3.38. The molecule has 0 bridgehead atoms. The van der Waals surface area contributed by atoms with Gasteiger partial charge in [0.2, 0.25) is 0 Å². The fraction of sp³-hybridized carbons (Fsp3) is 0.500. The number of aldehydes is 1. The van der Waals surface area contributed by atoms with Crippen LogP contribution in [0.2, 0.25) is 0 Å². The molecule has 4 nitrogen and oxygen atoms in total. The quantitative estimate of drug-likeness (QED) is 0.445. The molecule has 1 rings (SSSR count). The standard InChI is InChI=1S/C8H10O4/c1-5-7(11-2)3-6(4-9)12-8(5)10/h4,6H,3H2,1-2H3/t6-/m1/s1. The fourth-order valence-corrected chi connectivity index (χ4v) is 1.03. The highest BCUT2D eigenvalue weighted by molar-refractivity contribution is 5.90. The molecule has 0 spiro atoms. The number of carbonyl (C=O) groups is 2. The molecule has 0 aromatic rings. The third-order valence-electron chi connectivity index (χ3n) is 1.77. The second-order valence-electron chi connectivity index (χ2n) is 2.54. The highest BCUT2D eigenvalue weighted by Crippen LogP contribution is 2.20. The molecule has 0 fully saturated rings. The van der Waals surface area contributed by atoms with Crippen molar-refractivity contribution in [2.24, 2.45) is 0 Å². The Morgan fingerprint density at radius 3 is 2.83 bits per heavy atom. The van der Waals surface area contributed by atoms with Crippen molar-refractivity contribution in [2.45, 2.75) is 19.4 Å². The van der Waals surface area contributed by atoms with E-state index in [0.29, 0.717) is 24.0 Å². The lowest BCUT2D eigenvalue weighted by Gasteiger charge is -2.20. The Balaban J connectivity index is 2.86. The number of methoxy groups -OCH3 is 1. The van der Waals surface area contributed by atoms with E-state index in [-0.39, 0.29) is 0 Å². The lowest BCUT2D eigenvalue weighted by molar-refractivity contribution is -0.150. The van der Waals surface area contributed by atoms with Crippen LogP contribution in [0.4, 0.5) is 0 Å². The fourth-order valence-electron chi connectivity index (χ4n) is 1.03. The van der Waals surface area contributed by atoms with Crippen molar-refractivity contribution >= 4 is 12.3 Å². The van der Waals surface area contributed by atoms with E-state index in [1.54, 1.807) is 6.92 Å². The molecule has 4 heteroatoms. The monoisotopic (exact) mass is 170 g/mol. The zero-order chi connectivity index (χ0) is 9.14. The van der Waals surface area contributed by atoms with E-state index in [9.17, 15) is 9.59 Å². The van der Waals surface area contributed by atoms with E-state index in [0.717, 1.165) is 0 Å². The maximum atomic E-state index is 11.0. The minimum Gasteiger partial charge on any atom is -0.500 e. The van der Waals surface area contributed by atoms with Gasteiger partial charge in [-0.2, -0.15) is 0 Å². The molecule has 0 unspecified atom stereocenters. The first-order chi connectivity index (χ1) is 5.69. The van der Waals surface area contributed by atoms with Crippen LogP contribution < -0.4 is 0 Å².